The van der Waals surface area contributed by atoms with Crippen molar-refractivity contribution in [2.24, 2.45) is 5.92 Å². The van der Waals surface area contributed by atoms with Gasteiger partial charge in [-0.05, 0) is 44.9 Å². The van der Waals surface area contributed by atoms with Crippen molar-refractivity contribution in [3.05, 3.63) is 59.0 Å². The number of para-hydroxylation sites is 1. The Hall–Kier alpha value is -3.22. The highest BCUT2D eigenvalue weighted by atomic mass is 16.5. The summed E-state index contributed by atoms with van der Waals surface area (Å²) in [7, 11) is 0. The van der Waals surface area contributed by atoms with Crippen LogP contribution in [0.25, 0.3) is 5.65 Å². The standard InChI is InChI=1S/C23H24N4O3/c1-14-10-15(2)27-22(25-14)18(12-24-27)23(29)26-9-5-6-16(13-26)21-11-19(28)17-7-3-4-8-20(17)30-21/h3-4,7-8,10,12,16,21H,5-6,9,11,13H2,1-2H3. The van der Waals surface area contributed by atoms with E-state index < -0.39 is 0 Å². The number of rotatable bonds is 2. The molecule has 2 aromatic heterocycles. The van der Waals surface area contributed by atoms with Crippen LogP contribution in [0.4, 0.5) is 0 Å². The van der Waals surface area contributed by atoms with Gasteiger partial charge in [-0.2, -0.15) is 5.10 Å². The Bertz CT molecular complexity index is 1150. The van der Waals surface area contributed by atoms with E-state index in [1.807, 2.05) is 49.1 Å². The minimum Gasteiger partial charge on any atom is -0.489 e. The summed E-state index contributed by atoms with van der Waals surface area (Å²) in [5, 5.41) is 4.36. The number of piperidine rings is 1. The van der Waals surface area contributed by atoms with Crippen LogP contribution >= 0.6 is 0 Å². The second-order valence-corrected chi connectivity index (χ2v) is 8.27. The molecule has 5 rings (SSSR count). The van der Waals surface area contributed by atoms with Crippen molar-refractivity contribution in [1.29, 1.82) is 0 Å². The number of hydrogen-bond donors (Lipinski definition) is 0. The number of fused-ring (bicyclic) bond motifs is 2. The van der Waals surface area contributed by atoms with Gasteiger partial charge < -0.3 is 9.64 Å². The Balaban J connectivity index is 1.37. The molecular formula is C23H24N4O3. The van der Waals surface area contributed by atoms with Gasteiger partial charge in [0.05, 0.1) is 11.8 Å². The Morgan fingerprint density at radius 2 is 2.07 bits per heavy atom. The zero-order valence-electron chi connectivity index (χ0n) is 17.2. The second kappa shape index (κ2) is 7.23. The topological polar surface area (TPSA) is 76.8 Å². The van der Waals surface area contributed by atoms with Crippen LogP contribution in [0.2, 0.25) is 0 Å². The van der Waals surface area contributed by atoms with Crippen LogP contribution in [0.15, 0.2) is 36.5 Å². The molecule has 2 aliphatic heterocycles. The lowest BCUT2D eigenvalue weighted by Crippen LogP contribution is -2.46. The number of carbonyl (C=O) groups excluding carboxylic acids is 2. The van der Waals surface area contributed by atoms with Gasteiger partial charge in [0.1, 0.15) is 17.4 Å². The van der Waals surface area contributed by atoms with Gasteiger partial charge in [0, 0.05) is 36.8 Å². The maximum absolute atomic E-state index is 13.3. The number of ketones is 1. The normalized spacial score (nSPS) is 21.4. The molecule has 0 N–H and O–H groups in total. The van der Waals surface area contributed by atoms with Crippen LogP contribution < -0.4 is 4.74 Å². The first-order chi connectivity index (χ1) is 14.5. The molecule has 4 heterocycles. The molecule has 2 aliphatic rings. The van der Waals surface area contributed by atoms with Crippen molar-refractivity contribution in [2.45, 2.75) is 39.2 Å². The van der Waals surface area contributed by atoms with Gasteiger partial charge in [-0.15, -0.1) is 0 Å². The summed E-state index contributed by atoms with van der Waals surface area (Å²) >= 11 is 0. The predicted molar refractivity (Wildman–Crippen MR) is 111 cm³/mol. The number of amides is 1. The predicted octanol–water partition coefficient (Wildman–Crippen LogP) is 3.23. The molecule has 0 saturated carbocycles. The molecule has 0 radical (unpaired) electrons. The Morgan fingerprint density at radius 3 is 2.93 bits per heavy atom. The summed E-state index contributed by atoms with van der Waals surface area (Å²) < 4.78 is 7.88. The first-order valence-electron chi connectivity index (χ1n) is 10.4. The van der Waals surface area contributed by atoms with Gasteiger partial charge in [-0.25, -0.2) is 9.50 Å². The highest BCUT2D eigenvalue weighted by Gasteiger charge is 2.36. The summed E-state index contributed by atoms with van der Waals surface area (Å²) in [6.07, 6.45) is 3.60. The SMILES string of the molecule is Cc1cc(C)n2ncc(C(=O)N3CCCC(C4CC(=O)c5ccccc5O4)C3)c2n1. The third-order valence-electron chi connectivity index (χ3n) is 6.13. The summed E-state index contributed by atoms with van der Waals surface area (Å²) in [6.45, 7) is 5.13. The summed E-state index contributed by atoms with van der Waals surface area (Å²) in [5.41, 5.74) is 3.58. The molecule has 2 unspecified atom stereocenters. The van der Waals surface area contributed by atoms with Gasteiger partial charge in [-0.3, -0.25) is 9.59 Å². The van der Waals surface area contributed by atoms with Crippen LogP contribution in [0.5, 0.6) is 5.75 Å². The Morgan fingerprint density at radius 1 is 1.23 bits per heavy atom. The number of hydrogen-bond acceptors (Lipinski definition) is 5. The second-order valence-electron chi connectivity index (χ2n) is 8.27. The fraction of sp³-hybridized carbons (Fsp3) is 0.391. The number of aromatic nitrogens is 3. The van der Waals surface area contributed by atoms with E-state index in [0.717, 1.165) is 24.2 Å². The maximum atomic E-state index is 13.3. The molecule has 154 valence electrons. The number of carbonyl (C=O) groups is 2. The molecule has 3 aromatic rings. The Kier molecular flexibility index (Phi) is 4.53. The molecule has 7 heteroatoms. The van der Waals surface area contributed by atoms with Crippen LogP contribution in [0.3, 0.4) is 0 Å². The number of Topliss-reactive ketones (excluding diaryl/α,β-unsaturated/α-hetero) is 1. The maximum Gasteiger partial charge on any atom is 0.259 e. The summed E-state index contributed by atoms with van der Waals surface area (Å²) in [6, 6.07) is 9.34. The monoisotopic (exact) mass is 404 g/mol. The lowest BCUT2D eigenvalue weighted by atomic mass is 9.86. The van der Waals surface area contributed by atoms with Crippen molar-refractivity contribution in [1.82, 2.24) is 19.5 Å². The lowest BCUT2D eigenvalue weighted by Gasteiger charge is -2.38. The molecule has 2 atom stereocenters. The van der Waals surface area contributed by atoms with Crippen LogP contribution in [-0.2, 0) is 0 Å². The molecular weight excluding hydrogens is 380 g/mol. The van der Waals surface area contributed by atoms with E-state index in [-0.39, 0.29) is 23.7 Å². The van der Waals surface area contributed by atoms with E-state index >= 15 is 0 Å². The molecule has 0 spiro atoms. The van der Waals surface area contributed by atoms with E-state index in [4.69, 9.17) is 4.74 Å². The fourth-order valence-electron chi connectivity index (χ4n) is 4.65. The van der Waals surface area contributed by atoms with Gasteiger partial charge in [0.25, 0.3) is 5.91 Å². The number of benzene rings is 1. The smallest absolute Gasteiger partial charge is 0.259 e. The minimum atomic E-state index is -0.200. The number of nitrogens with zero attached hydrogens (tertiary/aromatic N) is 4. The molecule has 1 aromatic carbocycles. The van der Waals surface area contributed by atoms with Crippen molar-refractivity contribution < 1.29 is 14.3 Å². The van der Waals surface area contributed by atoms with Crippen molar-refractivity contribution in [2.75, 3.05) is 13.1 Å². The first-order valence-corrected chi connectivity index (χ1v) is 10.4. The molecule has 0 aliphatic carbocycles. The minimum absolute atomic E-state index is 0.0604. The quantitative estimate of drug-likeness (QED) is 0.655. The van der Waals surface area contributed by atoms with Gasteiger partial charge >= 0.3 is 0 Å². The van der Waals surface area contributed by atoms with E-state index in [1.54, 1.807) is 10.7 Å². The third-order valence-corrected chi connectivity index (χ3v) is 6.13. The van der Waals surface area contributed by atoms with Gasteiger partial charge in [-0.1, -0.05) is 12.1 Å². The van der Waals surface area contributed by atoms with Crippen LogP contribution in [-0.4, -0.2) is 50.4 Å². The van der Waals surface area contributed by atoms with Gasteiger partial charge in [0.2, 0.25) is 0 Å². The van der Waals surface area contributed by atoms with Crippen LogP contribution in [0, 0.1) is 19.8 Å². The zero-order chi connectivity index (χ0) is 20.8. The number of aryl methyl sites for hydroxylation is 2. The molecule has 1 amide bonds. The van der Waals surface area contributed by atoms with E-state index in [2.05, 4.69) is 10.1 Å². The number of likely N-dealkylation sites (tertiary alicyclic amines) is 1. The number of ether oxygens (including phenoxy) is 1. The molecule has 1 saturated heterocycles. The van der Waals surface area contributed by atoms with E-state index in [9.17, 15) is 9.59 Å². The summed E-state index contributed by atoms with van der Waals surface area (Å²) in [4.78, 5) is 32.3. The molecule has 1 fully saturated rings. The molecule has 0 bridgehead atoms. The molecule has 30 heavy (non-hydrogen) atoms. The lowest BCUT2D eigenvalue weighted by molar-refractivity contribution is 0.0410. The highest BCUT2D eigenvalue weighted by molar-refractivity contribution is 6.00. The molecule has 7 nitrogen and oxygen atoms in total. The van der Waals surface area contributed by atoms with Crippen molar-refractivity contribution >= 4 is 17.3 Å². The highest BCUT2D eigenvalue weighted by Crippen LogP contribution is 2.33. The third kappa shape index (κ3) is 3.14. The van der Waals surface area contributed by atoms with Crippen molar-refractivity contribution in [3.63, 3.8) is 0 Å². The zero-order valence-corrected chi connectivity index (χ0v) is 17.2. The Labute approximate surface area is 174 Å². The average molecular weight is 404 g/mol. The van der Waals surface area contributed by atoms with E-state index in [1.165, 1.54) is 0 Å². The van der Waals surface area contributed by atoms with Crippen LogP contribution in [0.1, 0.15) is 51.4 Å². The average Bonchev–Trinajstić information content (AvgIpc) is 3.17. The fourth-order valence-corrected chi connectivity index (χ4v) is 4.65. The van der Waals surface area contributed by atoms with Crippen molar-refractivity contribution in [3.8, 4) is 5.75 Å². The summed E-state index contributed by atoms with van der Waals surface area (Å²) in [5.74, 6) is 0.830. The van der Waals surface area contributed by atoms with E-state index in [0.29, 0.717) is 42.0 Å². The largest absolute Gasteiger partial charge is 0.489 e. The first kappa shape index (κ1) is 18.8. The van der Waals surface area contributed by atoms with Gasteiger partial charge in [0.15, 0.2) is 11.4 Å².